The van der Waals surface area contributed by atoms with Crippen LogP contribution in [0.25, 0.3) is 5.57 Å². The first-order valence-corrected chi connectivity index (χ1v) is 8.66. The summed E-state index contributed by atoms with van der Waals surface area (Å²) in [5.41, 5.74) is 3.20. The van der Waals surface area contributed by atoms with Gasteiger partial charge < -0.3 is 10.6 Å². The molecule has 1 fully saturated rings. The van der Waals surface area contributed by atoms with Crippen molar-refractivity contribution in [3.63, 3.8) is 0 Å². The molecular formula is C20H22FN3. The molecule has 124 valence electrons. The topological polar surface area (TPSA) is 36.4 Å². The Bertz CT molecular complexity index is 726. The predicted octanol–water partition coefficient (Wildman–Crippen LogP) is 3.28. The maximum atomic E-state index is 13.6. The number of nitrogens with one attached hydrogen (secondary N) is 2. The van der Waals surface area contributed by atoms with E-state index in [0.29, 0.717) is 6.04 Å². The predicted molar refractivity (Wildman–Crippen MR) is 96.1 cm³/mol. The Morgan fingerprint density at radius 2 is 2.08 bits per heavy atom. The van der Waals surface area contributed by atoms with Crippen LogP contribution in [0.2, 0.25) is 0 Å². The average molecular weight is 323 g/mol. The molecule has 2 aliphatic heterocycles. The van der Waals surface area contributed by atoms with Gasteiger partial charge in [0.2, 0.25) is 0 Å². The van der Waals surface area contributed by atoms with Crippen LogP contribution in [0, 0.1) is 17.7 Å². The number of hydrogen-bond donors (Lipinski definition) is 2. The number of piperidine rings is 1. The molecule has 3 nitrogen and oxygen atoms in total. The van der Waals surface area contributed by atoms with Crippen molar-refractivity contribution in [2.45, 2.75) is 18.9 Å². The fourth-order valence-electron chi connectivity index (χ4n) is 3.66. The first-order valence-electron chi connectivity index (χ1n) is 8.66. The first-order chi connectivity index (χ1) is 11.8. The number of allylic oxidation sites excluding steroid dienone is 5. The summed E-state index contributed by atoms with van der Waals surface area (Å²) >= 11 is 0. The van der Waals surface area contributed by atoms with Crippen LogP contribution in [0.4, 0.5) is 4.39 Å². The van der Waals surface area contributed by atoms with E-state index in [1.165, 1.54) is 11.8 Å². The smallest absolute Gasteiger partial charge is 0.123 e. The third kappa shape index (κ3) is 3.20. The highest BCUT2D eigenvalue weighted by Crippen LogP contribution is 2.34. The van der Waals surface area contributed by atoms with Gasteiger partial charge in [0, 0.05) is 36.0 Å². The van der Waals surface area contributed by atoms with Crippen molar-refractivity contribution in [3.05, 3.63) is 65.8 Å². The van der Waals surface area contributed by atoms with E-state index in [1.54, 1.807) is 12.1 Å². The van der Waals surface area contributed by atoms with Crippen molar-refractivity contribution in [2.75, 3.05) is 13.1 Å². The second-order valence-electron chi connectivity index (χ2n) is 6.64. The van der Waals surface area contributed by atoms with E-state index in [-0.39, 0.29) is 17.7 Å². The van der Waals surface area contributed by atoms with Crippen LogP contribution >= 0.6 is 0 Å². The lowest BCUT2D eigenvalue weighted by atomic mass is 9.80. The standard InChI is InChI=1S/C20H22FN3/c21-17-3-1-2-14(11-17)16-10-15-4-7-23-13-19(15)20(12-16)24-18-5-8-22-9-6-18/h1-4,7,10-13,15,18-19,22,24H,5-6,8-9H2. The quantitative estimate of drug-likeness (QED) is 0.895. The van der Waals surface area contributed by atoms with Gasteiger partial charge in [-0.25, -0.2) is 4.39 Å². The molecule has 0 spiro atoms. The number of nitrogens with zero attached hydrogens (tertiary/aromatic N) is 1. The maximum absolute atomic E-state index is 13.6. The maximum Gasteiger partial charge on any atom is 0.123 e. The Balaban J connectivity index is 1.65. The van der Waals surface area contributed by atoms with Gasteiger partial charge in [-0.05, 0) is 55.3 Å². The number of hydrogen-bond acceptors (Lipinski definition) is 3. The molecule has 1 aliphatic carbocycles. The van der Waals surface area contributed by atoms with E-state index in [4.69, 9.17) is 0 Å². The van der Waals surface area contributed by atoms with Crippen LogP contribution in [-0.2, 0) is 0 Å². The number of rotatable bonds is 3. The van der Waals surface area contributed by atoms with Crippen LogP contribution in [-0.4, -0.2) is 25.3 Å². The van der Waals surface area contributed by atoms with E-state index in [9.17, 15) is 4.39 Å². The molecule has 0 bridgehead atoms. The molecule has 0 aromatic heterocycles. The summed E-state index contributed by atoms with van der Waals surface area (Å²) in [7, 11) is 0. The van der Waals surface area contributed by atoms with E-state index >= 15 is 0 Å². The molecule has 3 aliphatic rings. The molecule has 0 radical (unpaired) electrons. The number of benzene rings is 1. The molecule has 0 amide bonds. The molecule has 2 N–H and O–H groups in total. The zero-order chi connectivity index (χ0) is 16.4. The zero-order valence-corrected chi connectivity index (χ0v) is 13.6. The minimum absolute atomic E-state index is 0.197. The van der Waals surface area contributed by atoms with Gasteiger partial charge in [0.1, 0.15) is 5.82 Å². The Hall–Kier alpha value is -2.20. The largest absolute Gasteiger partial charge is 0.385 e. The molecule has 24 heavy (non-hydrogen) atoms. The van der Waals surface area contributed by atoms with Crippen molar-refractivity contribution in [1.82, 2.24) is 10.6 Å². The minimum atomic E-state index is -0.197. The molecule has 0 saturated carbocycles. The van der Waals surface area contributed by atoms with Gasteiger partial charge in [0.15, 0.2) is 0 Å². The summed E-state index contributed by atoms with van der Waals surface area (Å²) in [6, 6.07) is 7.31. The van der Waals surface area contributed by atoms with Crippen LogP contribution in [0.3, 0.4) is 0 Å². The number of halogens is 1. The van der Waals surface area contributed by atoms with Crippen molar-refractivity contribution in [3.8, 4) is 0 Å². The van der Waals surface area contributed by atoms with E-state index < -0.39 is 0 Å². The number of fused-ring (bicyclic) bond motifs is 1. The molecular weight excluding hydrogens is 301 g/mol. The van der Waals surface area contributed by atoms with Crippen molar-refractivity contribution < 1.29 is 4.39 Å². The second kappa shape index (κ2) is 6.73. The van der Waals surface area contributed by atoms with Crippen LogP contribution in [0.5, 0.6) is 0 Å². The van der Waals surface area contributed by atoms with Gasteiger partial charge in [-0.1, -0.05) is 24.3 Å². The lowest BCUT2D eigenvalue weighted by molar-refractivity contribution is 0.398. The van der Waals surface area contributed by atoms with Gasteiger partial charge >= 0.3 is 0 Å². The Morgan fingerprint density at radius 1 is 1.21 bits per heavy atom. The Labute approximate surface area is 142 Å². The highest BCUT2D eigenvalue weighted by molar-refractivity contribution is 5.81. The monoisotopic (exact) mass is 323 g/mol. The average Bonchev–Trinajstić information content (AvgIpc) is 2.62. The SMILES string of the molecule is Fc1cccc(C2=CC3C=CN=CC3C(NC3CCNCC3)=C2)c1. The summed E-state index contributed by atoms with van der Waals surface area (Å²) in [4.78, 5) is 4.33. The molecule has 2 unspecified atom stereocenters. The molecule has 2 heterocycles. The van der Waals surface area contributed by atoms with E-state index in [0.717, 1.165) is 37.1 Å². The molecule has 2 atom stereocenters. The van der Waals surface area contributed by atoms with E-state index in [2.05, 4.69) is 33.9 Å². The summed E-state index contributed by atoms with van der Waals surface area (Å²) < 4.78 is 13.6. The van der Waals surface area contributed by atoms with Crippen molar-refractivity contribution in [1.29, 1.82) is 0 Å². The lowest BCUT2D eigenvalue weighted by Crippen LogP contribution is -2.42. The van der Waals surface area contributed by atoms with Crippen molar-refractivity contribution >= 4 is 11.8 Å². The normalized spacial score (nSPS) is 26.5. The fourth-order valence-corrected chi connectivity index (χ4v) is 3.66. The third-order valence-corrected chi connectivity index (χ3v) is 4.97. The number of aliphatic imine (C=N–C) groups is 1. The van der Waals surface area contributed by atoms with Crippen LogP contribution < -0.4 is 10.6 Å². The summed E-state index contributed by atoms with van der Waals surface area (Å²) in [5.74, 6) is 0.328. The first kappa shape index (κ1) is 15.3. The van der Waals surface area contributed by atoms with Gasteiger partial charge in [-0.15, -0.1) is 0 Å². The lowest BCUT2D eigenvalue weighted by Gasteiger charge is -2.33. The van der Waals surface area contributed by atoms with Gasteiger partial charge in [0.25, 0.3) is 0 Å². The molecule has 4 rings (SSSR count). The molecule has 1 aromatic carbocycles. The van der Waals surface area contributed by atoms with Crippen molar-refractivity contribution in [2.24, 2.45) is 16.8 Å². The van der Waals surface area contributed by atoms with Gasteiger partial charge in [0.05, 0.1) is 0 Å². The van der Waals surface area contributed by atoms with Crippen LogP contribution in [0.1, 0.15) is 18.4 Å². The molecule has 1 saturated heterocycles. The summed E-state index contributed by atoms with van der Waals surface area (Å²) in [6.07, 6.45) is 12.6. The second-order valence-corrected chi connectivity index (χ2v) is 6.64. The zero-order valence-electron chi connectivity index (χ0n) is 13.6. The fraction of sp³-hybridized carbons (Fsp3) is 0.350. The summed E-state index contributed by atoms with van der Waals surface area (Å²) in [6.45, 7) is 2.11. The molecule has 4 heteroatoms. The van der Waals surface area contributed by atoms with Gasteiger partial charge in [-0.3, -0.25) is 4.99 Å². The third-order valence-electron chi connectivity index (χ3n) is 4.97. The van der Waals surface area contributed by atoms with Gasteiger partial charge in [-0.2, -0.15) is 0 Å². The Morgan fingerprint density at radius 3 is 2.92 bits per heavy atom. The van der Waals surface area contributed by atoms with E-state index in [1.807, 2.05) is 18.5 Å². The summed E-state index contributed by atoms with van der Waals surface area (Å²) in [5, 5.41) is 7.13. The highest BCUT2D eigenvalue weighted by atomic mass is 19.1. The van der Waals surface area contributed by atoms with Crippen LogP contribution in [0.15, 0.2) is 59.4 Å². The molecule has 1 aromatic rings. The Kier molecular flexibility index (Phi) is 4.30. The minimum Gasteiger partial charge on any atom is -0.385 e. The highest BCUT2D eigenvalue weighted by Gasteiger charge is 2.28.